The average Bonchev–Trinajstić information content (AvgIpc) is 3.83. The van der Waals surface area contributed by atoms with Gasteiger partial charge in [0.1, 0.15) is 28.4 Å². The lowest BCUT2D eigenvalue weighted by Gasteiger charge is -2.50. The van der Waals surface area contributed by atoms with Gasteiger partial charge in [-0.15, -0.1) is 0 Å². The molecule has 18 heteroatoms. The predicted molar refractivity (Wildman–Crippen MR) is 238 cm³/mol. The summed E-state index contributed by atoms with van der Waals surface area (Å²) in [6.07, 6.45) is 3.89. The fraction of sp³-hybridized carbons (Fsp3) is 0.455. The maximum atomic E-state index is 13.4. The van der Waals surface area contributed by atoms with E-state index in [1.807, 2.05) is 50.1 Å². The zero-order valence-electron chi connectivity index (χ0n) is 35.7. The van der Waals surface area contributed by atoms with Crippen LogP contribution in [0.1, 0.15) is 80.4 Å². The van der Waals surface area contributed by atoms with Gasteiger partial charge in [0.05, 0.1) is 28.0 Å². The van der Waals surface area contributed by atoms with Crippen LogP contribution < -0.4 is 20.4 Å². The number of para-hydroxylation sites is 1. The Hall–Kier alpha value is -5.33. The molecule has 4 aromatic rings. The normalized spacial score (nSPS) is 18.4. The Bertz CT molecular complexity index is 2370. The van der Waals surface area contributed by atoms with Gasteiger partial charge in [-0.3, -0.25) is 48.9 Å². The second kappa shape index (κ2) is 18.2. The van der Waals surface area contributed by atoms with Crippen LogP contribution in [0.5, 0.6) is 0 Å². The number of aromatic nitrogens is 3. The van der Waals surface area contributed by atoms with Gasteiger partial charge in [-0.25, -0.2) is 15.0 Å². The summed E-state index contributed by atoms with van der Waals surface area (Å²) in [5.74, 6) is -0.176. The highest BCUT2D eigenvalue weighted by molar-refractivity contribution is 7.17. The molecule has 0 radical (unpaired) electrons. The molecule has 8 rings (SSSR count). The summed E-state index contributed by atoms with van der Waals surface area (Å²) in [6.45, 7) is 15.2. The fourth-order valence-corrected chi connectivity index (χ4v) is 10.0. The van der Waals surface area contributed by atoms with E-state index in [9.17, 15) is 24.0 Å². The number of hydrogen-bond acceptors (Lipinski definition) is 14. The summed E-state index contributed by atoms with van der Waals surface area (Å²) in [5.41, 5.74) is 3.02. The van der Waals surface area contributed by atoms with E-state index in [1.54, 1.807) is 31.3 Å². The first-order chi connectivity index (χ1) is 29.8. The summed E-state index contributed by atoms with van der Waals surface area (Å²) in [5, 5.41) is 6.27. The molecule has 326 valence electrons. The third-order valence-corrected chi connectivity index (χ3v) is 13.8. The van der Waals surface area contributed by atoms with Gasteiger partial charge in [0.25, 0.3) is 17.7 Å². The Morgan fingerprint density at radius 1 is 0.919 bits per heavy atom. The summed E-state index contributed by atoms with van der Waals surface area (Å²) < 4.78 is 0. The Kier molecular flexibility index (Phi) is 12.7. The first kappa shape index (κ1) is 43.3. The van der Waals surface area contributed by atoms with E-state index in [0.29, 0.717) is 56.6 Å². The fourth-order valence-electron chi connectivity index (χ4n) is 8.98. The van der Waals surface area contributed by atoms with Crippen molar-refractivity contribution in [3.05, 3.63) is 86.6 Å². The molecule has 2 aromatic carbocycles. The molecule has 0 saturated carbocycles. The number of fused-ring (bicyclic) bond motifs is 1. The van der Waals surface area contributed by atoms with Crippen molar-refractivity contribution in [1.82, 2.24) is 39.9 Å². The van der Waals surface area contributed by atoms with E-state index in [-0.39, 0.29) is 17.9 Å². The number of rotatable bonds is 12. The number of anilines is 4. The van der Waals surface area contributed by atoms with Gasteiger partial charge >= 0.3 is 0 Å². The van der Waals surface area contributed by atoms with Crippen LogP contribution in [0, 0.1) is 13.8 Å². The van der Waals surface area contributed by atoms with Gasteiger partial charge in [0, 0.05) is 91.0 Å². The summed E-state index contributed by atoms with van der Waals surface area (Å²) >= 11 is 7.63. The van der Waals surface area contributed by atoms with E-state index in [0.717, 1.165) is 87.0 Å². The smallest absolute Gasteiger partial charge is 0.267 e. The number of benzene rings is 2. The number of carbonyl (C=O) groups is 5. The zero-order valence-corrected chi connectivity index (χ0v) is 37.3. The van der Waals surface area contributed by atoms with Crippen LogP contribution in [0.15, 0.2) is 48.7 Å². The number of piperazine rings is 1. The first-order valence-electron chi connectivity index (χ1n) is 21.2. The van der Waals surface area contributed by atoms with Gasteiger partial charge in [-0.1, -0.05) is 48.1 Å². The van der Waals surface area contributed by atoms with Gasteiger partial charge in [-0.2, -0.15) is 0 Å². The predicted octanol–water partition coefficient (Wildman–Crippen LogP) is 4.73. The van der Waals surface area contributed by atoms with Crippen molar-refractivity contribution in [2.24, 2.45) is 0 Å². The number of nitrogens with zero attached hydrogens (tertiary/aromatic N) is 9. The van der Waals surface area contributed by atoms with Crippen molar-refractivity contribution < 1.29 is 24.0 Å². The lowest BCUT2D eigenvalue weighted by Crippen LogP contribution is -2.63. The monoisotopic (exact) mass is 881 g/mol. The number of carbonyl (C=O) groups excluding carboxylic acids is 5. The minimum Gasteiger partial charge on any atom is -0.356 e. The molecular formula is C44H52ClN11O5S. The maximum absolute atomic E-state index is 13.4. The molecular weight excluding hydrogens is 830 g/mol. The minimum absolute atomic E-state index is 0.207. The van der Waals surface area contributed by atoms with Crippen molar-refractivity contribution in [2.45, 2.75) is 71.6 Å². The van der Waals surface area contributed by atoms with Crippen LogP contribution in [0.4, 0.5) is 22.5 Å². The second-order valence-electron chi connectivity index (χ2n) is 16.6. The molecule has 2 aromatic heterocycles. The summed E-state index contributed by atoms with van der Waals surface area (Å²) in [7, 11) is 1.90. The van der Waals surface area contributed by atoms with Crippen molar-refractivity contribution in [1.29, 1.82) is 0 Å². The van der Waals surface area contributed by atoms with Gasteiger partial charge in [-0.05, 0) is 62.4 Å². The number of halogens is 1. The van der Waals surface area contributed by atoms with Crippen LogP contribution in [0.3, 0.4) is 0 Å². The molecule has 16 nitrogen and oxygen atoms in total. The average molecular weight is 882 g/mol. The minimum atomic E-state index is -1.05. The molecule has 3 fully saturated rings. The van der Waals surface area contributed by atoms with Crippen LogP contribution in [-0.2, 0) is 16.1 Å². The second-order valence-corrected chi connectivity index (χ2v) is 18.0. The molecule has 0 bridgehead atoms. The highest BCUT2D eigenvalue weighted by Gasteiger charge is 2.43. The van der Waals surface area contributed by atoms with E-state index < -0.39 is 29.7 Å². The van der Waals surface area contributed by atoms with Crippen molar-refractivity contribution in [3.8, 4) is 0 Å². The van der Waals surface area contributed by atoms with E-state index in [2.05, 4.69) is 35.2 Å². The molecule has 5 amide bonds. The highest BCUT2D eigenvalue weighted by atomic mass is 35.5. The third-order valence-electron chi connectivity index (χ3n) is 12.4. The number of aryl methyl sites for hydroxylation is 2. The molecule has 4 aliphatic heterocycles. The third kappa shape index (κ3) is 8.95. The van der Waals surface area contributed by atoms with E-state index in [4.69, 9.17) is 21.6 Å². The number of hydrogen-bond donors (Lipinski definition) is 2. The molecule has 1 unspecified atom stereocenters. The Morgan fingerprint density at radius 2 is 1.61 bits per heavy atom. The standard InChI is InChI=1S/C44H52ClN11O5S/c1-6-35(40(58)49-28(4)57)56-42(60)32-11-10-29(20-33(32)43(56)61)23-52-24-31(25-52)54-18-16-53(17-19-54)30-12-14-55(15-13-30)38-21-37(47-27(3)48-38)51(5)44-46-22-36(62-44)41(59)50-39-26(2)8-7-9-34(39)45/h7-11,20-22,30-31,35H,6,12-19,23-25H2,1-5H3,(H,50,59)(H,49,57,58). The zero-order chi connectivity index (χ0) is 43.8. The van der Waals surface area contributed by atoms with Crippen molar-refractivity contribution in [2.75, 3.05) is 74.5 Å². The SMILES string of the molecule is CCC(C(=O)NC(C)=O)N1C(=O)c2ccc(CN3CC(N4CCN(C5CCN(c6cc(N(C)c7ncc(C(=O)Nc8c(C)cccc8Cl)s7)nc(C)n6)CC5)CC4)C3)cc2C1=O. The topological polar surface area (TPSA) is 168 Å². The molecule has 4 aliphatic rings. The molecule has 0 aliphatic carbocycles. The van der Waals surface area contributed by atoms with Crippen molar-refractivity contribution >= 4 is 74.9 Å². The largest absolute Gasteiger partial charge is 0.356 e. The van der Waals surface area contributed by atoms with Crippen LogP contribution in [-0.4, -0.2) is 142 Å². The maximum Gasteiger partial charge on any atom is 0.267 e. The van der Waals surface area contributed by atoms with Crippen LogP contribution in [0.25, 0.3) is 0 Å². The summed E-state index contributed by atoms with van der Waals surface area (Å²) in [4.78, 5) is 91.0. The van der Waals surface area contributed by atoms with E-state index >= 15 is 0 Å². The first-order valence-corrected chi connectivity index (χ1v) is 22.4. The number of likely N-dealkylation sites (tertiary alicyclic amines) is 1. The van der Waals surface area contributed by atoms with Gasteiger partial charge < -0.3 is 15.1 Å². The quantitative estimate of drug-likeness (QED) is 0.188. The number of thiazole rings is 1. The van der Waals surface area contributed by atoms with Crippen LogP contribution >= 0.6 is 22.9 Å². The van der Waals surface area contributed by atoms with Gasteiger partial charge in [0.15, 0.2) is 5.13 Å². The lowest BCUT2D eigenvalue weighted by molar-refractivity contribution is -0.131. The number of piperidine rings is 1. The summed E-state index contributed by atoms with van der Waals surface area (Å²) in [6, 6.07) is 12.8. The molecule has 0 spiro atoms. The molecule has 3 saturated heterocycles. The van der Waals surface area contributed by atoms with E-state index in [1.165, 1.54) is 18.3 Å². The highest BCUT2D eigenvalue weighted by Crippen LogP contribution is 2.33. The molecule has 6 heterocycles. The Morgan fingerprint density at radius 3 is 2.29 bits per heavy atom. The number of nitrogens with one attached hydrogen (secondary N) is 2. The van der Waals surface area contributed by atoms with Crippen LogP contribution in [0.2, 0.25) is 5.02 Å². The van der Waals surface area contributed by atoms with Crippen molar-refractivity contribution in [3.63, 3.8) is 0 Å². The number of imide groups is 2. The molecule has 2 N–H and O–H groups in total. The number of amides is 5. The molecule has 62 heavy (non-hydrogen) atoms. The lowest BCUT2D eigenvalue weighted by atomic mass is 10.00. The molecule has 1 atom stereocenters. The Balaban J connectivity index is 0.789. The van der Waals surface area contributed by atoms with Gasteiger partial charge in [0.2, 0.25) is 11.8 Å². The Labute approximate surface area is 370 Å².